The van der Waals surface area contributed by atoms with Crippen LogP contribution in [0.1, 0.15) is 12.7 Å². The third kappa shape index (κ3) is 6.02. The molecule has 1 unspecified atom stereocenters. The van der Waals surface area contributed by atoms with Gasteiger partial charge in [-0.3, -0.25) is 4.99 Å². The number of halogens is 1. The van der Waals surface area contributed by atoms with Crippen molar-refractivity contribution in [3.63, 3.8) is 0 Å². The summed E-state index contributed by atoms with van der Waals surface area (Å²) < 4.78 is 24.0. The van der Waals surface area contributed by atoms with E-state index in [-0.39, 0.29) is 11.9 Å². The summed E-state index contributed by atoms with van der Waals surface area (Å²) >= 11 is 0. The molecule has 2 N–H and O–H groups in total. The Labute approximate surface area is 135 Å². The smallest absolute Gasteiger partial charge is 0.191 e. The normalized spacial score (nSPS) is 12.7. The summed E-state index contributed by atoms with van der Waals surface area (Å²) in [6.45, 7) is 3.18. The number of hydrogen-bond donors (Lipinski definition) is 2. The molecule has 0 bridgehead atoms. The Hall–Kier alpha value is -2.50. The molecule has 0 saturated heterocycles. The summed E-state index contributed by atoms with van der Waals surface area (Å²) in [5.41, 5.74) is 0. The molecule has 2 rings (SSSR count). The maximum absolute atomic E-state index is 13.1. The summed E-state index contributed by atoms with van der Waals surface area (Å²) in [7, 11) is 1.71. The van der Waals surface area contributed by atoms with Crippen molar-refractivity contribution in [1.29, 1.82) is 0 Å². The molecule has 0 spiro atoms. The summed E-state index contributed by atoms with van der Waals surface area (Å²) in [5, 5.41) is 6.37. The number of aliphatic imine (C=N–C) groups is 1. The summed E-state index contributed by atoms with van der Waals surface area (Å²) in [4.78, 5) is 4.15. The van der Waals surface area contributed by atoms with Crippen molar-refractivity contribution in [2.24, 2.45) is 4.99 Å². The molecular formula is C17H22FN3O2. The molecule has 0 aliphatic heterocycles. The van der Waals surface area contributed by atoms with E-state index in [1.165, 1.54) is 12.1 Å². The van der Waals surface area contributed by atoms with Gasteiger partial charge < -0.3 is 19.8 Å². The minimum atomic E-state index is -0.307. The van der Waals surface area contributed by atoms with Gasteiger partial charge in [0.15, 0.2) is 5.96 Å². The third-order valence-corrected chi connectivity index (χ3v) is 3.16. The average molecular weight is 319 g/mol. The fraction of sp³-hybridized carbons (Fsp3) is 0.353. The predicted molar refractivity (Wildman–Crippen MR) is 88.3 cm³/mol. The lowest BCUT2D eigenvalue weighted by atomic mass is 10.3. The number of furan rings is 1. The van der Waals surface area contributed by atoms with Crippen molar-refractivity contribution in [3.05, 3.63) is 54.2 Å². The minimum Gasteiger partial charge on any atom is -0.489 e. The number of benzene rings is 1. The highest BCUT2D eigenvalue weighted by Gasteiger charge is 2.06. The van der Waals surface area contributed by atoms with Crippen LogP contribution in [-0.2, 0) is 6.42 Å². The van der Waals surface area contributed by atoms with Gasteiger partial charge in [-0.25, -0.2) is 4.39 Å². The SMILES string of the molecule is CN=C(NCCc1ccco1)NCC(C)Oc1cccc(F)c1. The topological polar surface area (TPSA) is 58.8 Å². The van der Waals surface area contributed by atoms with Crippen LogP contribution in [0.2, 0.25) is 0 Å². The fourth-order valence-corrected chi connectivity index (χ4v) is 2.03. The highest BCUT2D eigenvalue weighted by molar-refractivity contribution is 5.79. The lowest BCUT2D eigenvalue weighted by Gasteiger charge is -2.17. The fourth-order valence-electron chi connectivity index (χ4n) is 2.03. The van der Waals surface area contributed by atoms with Crippen molar-refractivity contribution in [3.8, 4) is 5.75 Å². The highest BCUT2D eigenvalue weighted by atomic mass is 19.1. The first-order chi connectivity index (χ1) is 11.2. The van der Waals surface area contributed by atoms with Crippen LogP contribution in [0.3, 0.4) is 0 Å². The Morgan fingerprint density at radius 3 is 2.87 bits per heavy atom. The van der Waals surface area contributed by atoms with Gasteiger partial charge in [0.1, 0.15) is 23.4 Å². The maximum Gasteiger partial charge on any atom is 0.191 e. The van der Waals surface area contributed by atoms with Gasteiger partial charge in [-0.15, -0.1) is 0 Å². The second-order valence-corrected chi connectivity index (χ2v) is 5.10. The Morgan fingerprint density at radius 1 is 1.30 bits per heavy atom. The van der Waals surface area contributed by atoms with Crippen molar-refractivity contribution in [2.75, 3.05) is 20.1 Å². The van der Waals surface area contributed by atoms with E-state index in [9.17, 15) is 4.39 Å². The van der Waals surface area contributed by atoms with Gasteiger partial charge in [-0.1, -0.05) is 6.07 Å². The van der Waals surface area contributed by atoms with E-state index < -0.39 is 0 Å². The molecule has 0 aliphatic carbocycles. The van der Waals surface area contributed by atoms with Gasteiger partial charge in [0.05, 0.1) is 12.8 Å². The van der Waals surface area contributed by atoms with Crippen molar-refractivity contribution < 1.29 is 13.5 Å². The molecule has 124 valence electrons. The maximum atomic E-state index is 13.1. The van der Waals surface area contributed by atoms with Crippen LogP contribution in [0.15, 0.2) is 52.1 Å². The highest BCUT2D eigenvalue weighted by Crippen LogP contribution is 2.13. The largest absolute Gasteiger partial charge is 0.489 e. The molecule has 23 heavy (non-hydrogen) atoms. The molecule has 1 aromatic carbocycles. The van der Waals surface area contributed by atoms with Gasteiger partial charge in [0.2, 0.25) is 0 Å². The molecule has 0 amide bonds. The van der Waals surface area contributed by atoms with Crippen LogP contribution < -0.4 is 15.4 Å². The molecule has 1 heterocycles. The summed E-state index contributed by atoms with van der Waals surface area (Å²) in [6.07, 6.45) is 2.32. The van der Waals surface area contributed by atoms with E-state index >= 15 is 0 Å². The van der Waals surface area contributed by atoms with Crippen molar-refractivity contribution >= 4 is 5.96 Å². The number of hydrogen-bond acceptors (Lipinski definition) is 3. The molecule has 2 aromatic rings. The minimum absolute atomic E-state index is 0.125. The molecule has 6 heteroatoms. The second-order valence-electron chi connectivity index (χ2n) is 5.10. The molecule has 0 radical (unpaired) electrons. The Kier molecular flexibility index (Phi) is 6.47. The Bertz CT molecular complexity index is 614. The lowest BCUT2D eigenvalue weighted by molar-refractivity contribution is 0.223. The number of rotatable bonds is 7. The number of ether oxygens (including phenoxy) is 1. The van der Waals surface area contributed by atoms with E-state index in [1.807, 2.05) is 19.1 Å². The zero-order valence-electron chi connectivity index (χ0n) is 13.4. The summed E-state index contributed by atoms with van der Waals surface area (Å²) in [5.74, 6) is 1.82. The summed E-state index contributed by atoms with van der Waals surface area (Å²) in [6, 6.07) is 9.92. The Morgan fingerprint density at radius 2 is 2.17 bits per heavy atom. The average Bonchev–Trinajstić information content (AvgIpc) is 3.04. The monoisotopic (exact) mass is 319 g/mol. The third-order valence-electron chi connectivity index (χ3n) is 3.16. The van der Waals surface area contributed by atoms with Gasteiger partial charge >= 0.3 is 0 Å². The van der Waals surface area contributed by atoms with E-state index in [1.54, 1.807) is 25.4 Å². The van der Waals surface area contributed by atoms with E-state index in [2.05, 4.69) is 15.6 Å². The quantitative estimate of drug-likeness (QED) is 0.608. The standard InChI is InChI=1S/C17H22FN3O2/c1-13(23-16-6-3-5-14(18)11-16)12-21-17(19-2)20-9-8-15-7-4-10-22-15/h3-7,10-11,13H,8-9,12H2,1-2H3,(H2,19,20,21). The number of nitrogens with one attached hydrogen (secondary N) is 2. The van der Waals surface area contributed by atoms with E-state index in [0.717, 1.165) is 12.2 Å². The Balaban J connectivity index is 1.70. The van der Waals surface area contributed by atoms with Gasteiger partial charge in [-0.2, -0.15) is 0 Å². The molecule has 0 fully saturated rings. The van der Waals surface area contributed by atoms with Crippen molar-refractivity contribution in [2.45, 2.75) is 19.4 Å². The van der Waals surface area contributed by atoms with Crippen LogP contribution in [0.5, 0.6) is 5.75 Å². The molecule has 1 atom stereocenters. The molecule has 0 saturated carbocycles. The van der Waals surface area contributed by atoms with Gasteiger partial charge in [0, 0.05) is 26.1 Å². The van der Waals surface area contributed by atoms with E-state index in [4.69, 9.17) is 9.15 Å². The molecular weight excluding hydrogens is 297 g/mol. The van der Waals surface area contributed by atoms with Gasteiger partial charge in [0.25, 0.3) is 0 Å². The number of nitrogens with zero attached hydrogens (tertiary/aromatic N) is 1. The predicted octanol–water partition coefficient (Wildman–Crippen LogP) is 2.59. The van der Waals surface area contributed by atoms with Crippen LogP contribution in [-0.4, -0.2) is 32.2 Å². The van der Waals surface area contributed by atoms with Crippen LogP contribution in [0, 0.1) is 5.82 Å². The first-order valence-electron chi connectivity index (χ1n) is 7.56. The molecule has 0 aliphatic rings. The van der Waals surface area contributed by atoms with E-state index in [0.29, 0.717) is 24.8 Å². The first kappa shape index (κ1) is 16.9. The van der Waals surface area contributed by atoms with Crippen LogP contribution in [0.4, 0.5) is 4.39 Å². The first-order valence-corrected chi connectivity index (χ1v) is 7.56. The van der Waals surface area contributed by atoms with Crippen molar-refractivity contribution in [1.82, 2.24) is 10.6 Å². The molecule has 1 aromatic heterocycles. The zero-order valence-corrected chi connectivity index (χ0v) is 13.4. The lowest BCUT2D eigenvalue weighted by Crippen LogP contribution is -2.42. The number of guanidine groups is 1. The molecule has 5 nitrogen and oxygen atoms in total. The second kappa shape index (κ2) is 8.82. The van der Waals surface area contributed by atoms with Gasteiger partial charge in [-0.05, 0) is 31.2 Å². The zero-order chi connectivity index (χ0) is 16.5. The van der Waals surface area contributed by atoms with Crippen LogP contribution in [0.25, 0.3) is 0 Å². The van der Waals surface area contributed by atoms with Crippen LogP contribution >= 0.6 is 0 Å².